The maximum Gasteiger partial charge on any atom is 0.275 e. The first-order valence-corrected chi connectivity index (χ1v) is 8.48. The molecule has 5 nitrogen and oxygen atoms in total. The number of carbonyl (C=O) groups excluding carboxylic acids is 1. The highest BCUT2D eigenvalue weighted by atomic mass is 31.2. The number of hydrogen-bond acceptors (Lipinski definition) is 3. The fraction of sp³-hybridized carbons (Fsp3) is 0.500. The lowest BCUT2D eigenvalue weighted by Gasteiger charge is -2.38. The third kappa shape index (κ3) is 6.11. The standard InChI is InChI=1S/C16H23N2O3P/c1-13(2)17-11-8-12-21-22(20)18(14(3)4)16(19)15-9-6-5-7-10-15/h5-7,9-10,13-14H,8,12H2,1-4H3. The van der Waals surface area contributed by atoms with E-state index < -0.39 is 8.53 Å². The Morgan fingerprint density at radius 2 is 1.95 bits per heavy atom. The molecule has 0 radical (unpaired) electrons. The van der Waals surface area contributed by atoms with E-state index in [1.807, 2.05) is 33.8 Å². The lowest BCUT2D eigenvalue weighted by molar-refractivity contribution is -0.191. The zero-order valence-electron chi connectivity index (χ0n) is 13.5. The molecule has 0 N–H and O–H groups in total. The SMILES string of the molecule is CC(C)[N+]#CCCOP([O-])N(C(=O)c1ccccc1)C(C)C. The molecule has 120 valence electrons. The van der Waals surface area contributed by atoms with Crippen molar-refractivity contribution < 1.29 is 14.2 Å². The second kappa shape index (κ2) is 9.53. The summed E-state index contributed by atoms with van der Waals surface area (Å²) in [6.45, 7) is 7.74. The van der Waals surface area contributed by atoms with Crippen LogP contribution in [0.25, 0.3) is 4.85 Å². The third-order valence-electron chi connectivity index (χ3n) is 2.66. The van der Waals surface area contributed by atoms with E-state index in [0.29, 0.717) is 12.0 Å². The molecule has 1 unspecified atom stereocenters. The summed E-state index contributed by atoms with van der Waals surface area (Å²) in [5.74, 6) is -0.295. The number of carbonyl (C=O) groups is 1. The number of benzene rings is 1. The van der Waals surface area contributed by atoms with Crippen LogP contribution in [0.1, 0.15) is 44.5 Å². The summed E-state index contributed by atoms with van der Waals surface area (Å²) < 4.78 is 6.55. The van der Waals surface area contributed by atoms with Crippen molar-refractivity contribution in [2.24, 2.45) is 0 Å². The fourth-order valence-electron chi connectivity index (χ4n) is 1.69. The van der Waals surface area contributed by atoms with Gasteiger partial charge in [0.05, 0.1) is 6.61 Å². The zero-order chi connectivity index (χ0) is 16.5. The Hall–Kier alpha value is -1.47. The van der Waals surface area contributed by atoms with E-state index in [1.165, 1.54) is 4.67 Å². The summed E-state index contributed by atoms with van der Waals surface area (Å²) in [7, 11) is -2.23. The monoisotopic (exact) mass is 322 g/mol. The predicted molar refractivity (Wildman–Crippen MR) is 87.6 cm³/mol. The minimum Gasteiger partial charge on any atom is -0.791 e. The van der Waals surface area contributed by atoms with Crippen LogP contribution in [0, 0.1) is 6.07 Å². The van der Waals surface area contributed by atoms with Gasteiger partial charge in [-0.2, -0.15) is 0 Å². The van der Waals surface area contributed by atoms with Crippen molar-refractivity contribution >= 4 is 14.4 Å². The van der Waals surface area contributed by atoms with Crippen molar-refractivity contribution in [2.45, 2.75) is 46.2 Å². The van der Waals surface area contributed by atoms with Crippen molar-refractivity contribution in [1.82, 2.24) is 4.67 Å². The summed E-state index contributed by atoms with van der Waals surface area (Å²) >= 11 is 0. The molecule has 0 aliphatic heterocycles. The molecule has 0 spiro atoms. The predicted octanol–water partition coefficient (Wildman–Crippen LogP) is 3.27. The largest absolute Gasteiger partial charge is 0.791 e. The number of nitrogens with zero attached hydrogens (tertiary/aromatic N) is 2. The van der Waals surface area contributed by atoms with Gasteiger partial charge in [-0.1, -0.05) is 23.0 Å². The highest BCUT2D eigenvalue weighted by Gasteiger charge is 2.21. The number of hydrogen-bond donors (Lipinski definition) is 0. The maximum atomic E-state index is 12.4. The molecule has 1 amide bonds. The molecule has 1 aromatic rings. The van der Waals surface area contributed by atoms with E-state index in [0.717, 1.165) is 0 Å². The molecule has 0 bridgehead atoms. The van der Waals surface area contributed by atoms with E-state index >= 15 is 0 Å². The molecule has 0 saturated heterocycles. The van der Waals surface area contributed by atoms with Crippen LogP contribution in [0.4, 0.5) is 0 Å². The fourth-order valence-corrected chi connectivity index (χ4v) is 2.70. The van der Waals surface area contributed by atoms with Crippen molar-refractivity contribution in [3.63, 3.8) is 0 Å². The van der Waals surface area contributed by atoms with Gasteiger partial charge in [-0.3, -0.25) is 4.79 Å². The Labute approximate surface area is 133 Å². The van der Waals surface area contributed by atoms with Crippen LogP contribution >= 0.6 is 8.53 Å². The van der Waals surface area contributed by atoms with Crippen molar-refractivity contribution in [2.75, 3.05) is 6.61 Å². The van der Waals surface area contributed by atoms with Gasteiger partial charge in [0, 0.05) is 34.0 Å². The molecule has 0 aliphatic carbocycles. The van der Waals surface area contributed by atoms with Crippen LogP contribution < -0.4 is 4.89 Å². The van der Waals surface area contributed by atoms with E-state index in [9.17, 15) is 9.69 Å². The van der Waals surface area contributed by atoms with Gasteiger partial charge in [-0.25, -0.2) is 0 Å². The second-order valence-corrected chi connectivity index (χ2v) is 6.48. The van der Waals surface area contributed by atoms with Gasteiger partial charge in [0.25, 0.3) is 18.0 Å². The zero-order valence-corrected chi connectivity index (χ0v) is 14.4. The molecule has 6 heteroatoms. The van der Waals surface area contributed by atoms with Crippen LogP contribution in [0.5, 0.6) is 0 Å². The molecule has 1 atom stereocenters. The molecule has 22 heavy (non-hydrogen) atoms. The Morgan fingerprint density at radius 1 is 1.32 bits per heavy atom. The highest BCUT2D eigenvalue weighted by Crippen LogP contribution is 2.35. The summed E-state index contributed by atoms with van der Waals surface area (Å²) in [6.07, 6.45) is 0.449. The van der Waals surface area contributed by atoms with E-state index in [1.54, 1.807) is 24.3 Å². The number of rotatable bonds is 6. The van der Waals surface area contributed by atoms with Crippen LogP contribution in [0.2, 0.25) is 0 Å². The summed E-state index contributed by atoms with van der Waals surface area (Å²) in [5.41, 5.74) is 0.496. The number of amides is 1. The average molecular weight is 322 g/mol. The third-order valence-corrected chi connectivity index (χ3v) is 4.06. The van der Waals surface area contributed by atoms with Gasteiger partial charge in [-0.05, 0) is 26.0 Å². The molecule has 0 saturated carbocycles. The first-order chi connectivity index (χ1) is 10.4. The minimum absolute atomic E-state index is 0.181. The summed E-state index contributed by atoms with van der Waals surface area (Å²) in [6, 6.07) is 11.6. The minimum atomic E-state index is -2.23. The van der Waals surface area contributed by atoms with Crippen LogP contribution in [0.3, 0.4) is 0 Å². The molecule has 0 aromatic heterocycles. The van der Waals surface area contributed by atoms with E-state index in [2.05, 4.69) is 10.9 Å². The normalized spacial score (nSPS) is 12.0. The van der Waals surface area contributed by atoms with Crippen molar-refractivity contribution in [3.05, 3.63) is 40.7 Å². The van der Waals surface area contributed by atoms with Crippen LogP contribution in [0.15, 0.2) is 30.3 Å². The Bertz CT molecular complexity index is 523. The van der Waals surface area contributed by atoms with Crippen LogP contribution in [-0.4, -0.2) is 29.3 Å². The Morgan fingerprint density at radius 3 is 2.50 bits per heavy atom. The Balaban J connectivity index is 2.63. The van der Waals surface area contributed by atoms with Gasteiger partial charge in [0.15, 0.2) is 0 Å². The lowest BCUT2D eigenvalue weighted by atomic mass is 10.2. The smallest absolute Gasteiger partial charge is 0.275 e. The van der Waals surface area contributed by atoms with Crippen molar-refractivity contribution in [3.8, 4) is 6.07 Å². The van der Waals surface area contributed by atoms with E-state index in [4.69, 9.17) is 4.52 Å². The first-order valence-electron chi connectivity index (χ1n) is 7.35. The molecule has 1 aromatic carbocycles. The molecule has 1 rings (SSSR count). The molecular weight excluding hydrogens is 299 g/mol. The topological polar surface area (TPSA) is 57.0 Å². The molecular formula is C16H23N2O3P. The van der Waals surface area contributed by atoms with Gasteiger partial charge >= 0.3 is 0 Å². The van der Waals surface area contributed by atoms with E-state index in [-0.39, 0.29) is 24.6 Å². The van der Waals surface area contributed by atoms with Gasteiger partial charge in [-0.15, -0.1) is 0 Å². The maximum absolute atomic E-state index is 12.4. The molecule has 0 heterocycles. The van der Waals surface area contributed by atoms with Gasteiger partial charge in [0.1, 0.15) is 6.42 Å². The summed E-state index contributed by atoms with van der Waals surface area (Å²) in [5, 5.41) is 0. The average Bonchev–Trinajstić information content (AvgIpc) is 2.47. The van der Waals surface area contributed by atoms with Gasteiger partial charge in [0.2, 0.25) is 0 Å². The van der Waals surface area contributed by atoms with Crippen molar-refractivity contribution in [1.29, 1.82) is 0 Å². The lowest BCUT2D eigenvalue weighted by Crippen LogP contribution is -2.36. The Kier molecular flexibility index (Phi) is 8.05. The highest BCUT2D eigenvalue weighted by molar-refractivity contribution is 7.42. The summed E-state index contributed by atoms with van der Waals surface area (Å²) in [4.78, 5) is 28.8. The first kappa shape index (κ1) is 18.6. The molecule has 0 fully saturated rings. The molecule has 0 aliphatic rings. The second-order valence-electron chi connectivity index (χ2n) is 5.31. The van der Waals surface area contributed by atoms with Crippen LogP contribution in [-0.2, 0) is 4.52 Å². The quantitative estimate of drug-likeness (QED) is 0.596. The van der Waals surface area contributed by atoms with Gasteiger partial charge < -0.3 is 14.1 Å².